The molecule has 2 N–H and O–H groups in total. The van der Waals surface area contributed by atoms with Gasteiger partial charge in [-0.3, -0.25) is 4.90 Å². The summed E-state index contributed by atoms with van der Waals surface area (Å²) < 4.78 is 24.1. The summed E-state index contributed by atoms with van der Waals surface area (Å²) >= 11 is 0. The molecule has 0 aromatic heterocycles. The molecule has 6 heteroatoms. The van der Waals surface area contributed by atoms with Crippen molar-refractivity contribution in [1.29, 1.82) is 0 Å². The van der Waals surface area contributed by atoms with Crippen LogP contribution in [0.5, 0.6) is 0 Å². The van der Waals surface area contributed by atoms with Crippen LogP contribution in [-0.4, -0.2) is 51.9 Å². The molecular formula is C10H22N2O3S. The molecule has 1 saturated carbocycles. The van der Waals surface area contributed by atoms with Crippen molar-refractivity contribution in [3.8, 4) is 0 Å². The Morgan fingerprint density at radius 3 is 2.06 bits per heavy atom. The van der Waals surface area contributed by atoms with Crippen molar-refractivity contribution in [3.05, 3.63) is 0 Å². The van der Waals surface area contributed by atoms with E-state index in [4.69, 9.17) is 4.74 Å². The second-order valence-electron chi connectivity index (χ2n) is 4.42. The van der Waals surface area contributed by atoms with Gasteiger partial charge in [0.05, 0.1) is 19.5 Å². The van der Waals surface area contributed by atoms with Gasteiger partial charge in [-0.15, -0.1) is 0 Å². The Balaban J connectivity index is 0.000000221. The van der Waals surface area contributed by atoms with Gasteiger partial charge in [0.1, 0.15) is 0 Å². The highest BCUT2D eigenvalue weighted by molar-refractivity contribution is 7.88. The quantitative estimate of drug-likeness (QED) is 0.720. The van der Waals surface area contributed by atoms with Gasteiger partial charge in [0.2, 0.25) is 10.0 Å². The van der Waals surface area contributed by atoms with E-state index in [1.807, 2.05) is 0 Å². The van der Waals surface area contributed by atoms with Crippen LogP contribution in [0, 0.1) is 0 Å². The van der Waals surface area contributed by atoms with Gasteiger partial charge in [0.25, 0.3) is 0 Å². The zero-order chi connectivity index (χ0) is 12.0. The lowest BCUT2D eigenvalue weighted by atomic mass is 10.2. The Bertz CT molecular complexity index is 272. The van der Waals surface area contributed by atoms with Crippen LogP contribution in [0.3, 0.4) is 0 Å². The first-order valence-electron chi connectivity index (χ1n) is 5.76. The number of sulfonamides is 1. The van der Waals surface area contributed by atoms with Crippen molar-refractivity contribution in [2.75, 3.05) is 32.6 Å². The van der Waals surface area contributed by atoms with E-state index in [-0.39, 0.29) is 0 Å². The van der Waals surface area contributed by atoms with E-state index in [9.17, 15) is 8.42 Å². The number of nitrogens with two attached hydrogens (primary N) is 1. The Kier molecular flexibility index (Phi) is 5.68. The van der Waals surface area contributed by atoms with E-state index in [0.717, 1.165) is 25.5 Å². The summed E-state index contributed by atoms with van der Waals surface area (Å²) in [6, 6.07) is 0.902. The predicted molar refractivity (Wildman–Crippen MR) is 63.7 cm³/mol. The zero-order valence-corrected chi connectivity index (χ0v) is 10.7. The van der Waals surface area contributed by atoms with Crippen LogP contribution in [0.1, 0.15) is 25.7 Å². The molecule has 1 aliphatic carbocycles. The van der Waals surface area contributed by atoms with Crippen molar-refractivity contribution in [2.24, 2.45) is 5.14 Å². The molecule has 0 amide bonds. The van der Waals surface area contributed by atoms with E-state index in [1.165, 1.54) is 38.8 Å². The highest BCUT2D eigenvalue weighted by atomic mass is 32.2. The van der Waals surface area contributed by atoms with Crippen LogP contribution in [0.4, 0.5) is 0 Å². The summed E-state index contributed by atoms with van der Waals surface area (Å²) in [5, 5.41) is 4.33. The predicted octanol–water partition coefficient (Wildman–Crippen LogP) is 0.166. The minimum absolute atomic E-state index is 0.902. The van der Waals surface area contributed by atoms with Crippen LogP contribution in [0.15, 0.2) is 0 Å². The largest absolute Gasteiger partial charge is 0.379 e. The van der Waals surface area contributed by atoms with Gasteiger partial charge in [0.15, 0.2) is 0 Å². The van der Waals surface area contributed by atoms with Gasteiger partial charge in [0, 0.05) is 19.1 Å². The number of hydrogen-bond donors (Lipinski definition) is 1. The molecule has 2 rings (SSSR count). The molecular weight excluding hydrogens is 228 g/mol. The minimum Gasteiger partial charge on any atom is -0.379 e. The second kappa shape index (κ2) is 6.54. The fourth-order valence-electron chi connectivity index (χ4n) is 2.21. The molecule has 2 aliphatic rings. The molecule has 0 spiro atoms. The second-order valence-corrected chi connectivity index (χ2v) is 6.08. The molecule has 0 atom stereocenters. The van der Waals surface area contributed by atoms with Gasteiger partial charge < -0.3 is 4.74 Å². The lowest BCUT2D eigenvalue weighted by Crippen LogP contribution is -2.42. The van der Waals surface area contributed by atoms with Crippen LogP contribution in [0.2, 0.25) is 0 Å². The molecule has 2 fully saturated rings. The van der Waals surface area contributed by atoms with Gasteiger partial charge in [-0.05, 0) is 12.8 Å². The van der Waals surface area contributed by atoms with Crippen molar-refractivity contribution in [3.63, 3.8) is 0 Å². The molecule has 0 aromatic carbocycles. The standard InChI is InChI=1S/C9H17NO.CH5NO2S/c1-2-4-9(3-1)10-5-7-11-8-6-10;1-5(2,3)4/h9H,1-8H2;1H3,(H2,2,3,4). The highest BCUT2D eigenvalue weighted by Crippen LogP contribution is 2.23. The lowest BCUT2D eigenvalue weighted by Gasteiger charge is -2.31. The summed E-state index contributed by atoms with van der Waals surface area (Å²) in [5.41, 5.74) is 0. The lowest BCUT2D eigenvalue weighted by molar-refractivity contribution is 0.0180. The van der Waals surface area contributed by atoms with E-state index in [1.54, 1.807) is 0 Å². The van der Waals surface area contributed by atoms with Gasteiger partial charge in [-0.1, -0.05) is 12.8 Å². The normalized spacial score (nSPS) is 23.9. The monoisotopic (exact) mass is 250 g/mol. The highest BCUT2D eigenvalue weighted by Gasteiger charge is 2.23. The van der Waals surface area contributed by atoms with Crippen molar-refractivity contribution in [1.82, 2.24) is 4.90 Å². The third-order valence-electron chi connectivity index (χ3n) is 2.89. The molecule has 1 saturated heterocycles. The molecule has 96 valence electrons. The van der Waals surface area contributed by atoms with E-state index < -0.39 is 10.0 Å². The maximum Gasteiger partial charge on any atom is 0.206 e. The summed E-state index contributed by atoms with van der Waals surface area (Å²) in [7, 11) is -3.17. The number of primary sulfonamides is 1. The maximum atomic E-state index is 9.41. The fourth-order valence-corrected chi connectivity index (χ4v) is 2.21. The maximum absolute atomic E-state index is 9.41. The Morgan fingerprint density at radius 1 is 1.19 bits per heavy atom. The first kappa shape index (κ1) is 13.9. The van der Waals surface area contributed by atoms with Gasteiger partial charge in [-0.25, -0.2) is 13.6 Å². The average molecular weight is 250 g/mol. The topological polar surface area (TPSA) is 72.6 Å². The van der Waals surface area contributed by atoms with Gasteiger partial charge in [-0.2, -0.15) is 0 Å². The van der Waals surface area contributed by atoms with Crippen molar-refractivity contribution in [2.45, 2.75) is 31.7 Å². The molecule has 16 heavy (non-hydrogen) atoms. The molecule has 0 unspecified atom stereocenters. The first-order valence-corrected chi connectivity index (χ1v) is 7.72. The summed E-state index contributed by atoms with van der Waals surface area (Å²) in [6.45, 7) is 4.25. The summed E-state index contributed by atoms with van der Waals surface area (Å²) in [5.74, 6) is 0. The number of nitrogens with zero attached hydrogens (tertiary/aromatic N) is 1. The zero-order valence-electron chi connectivity index (χ0n) is 9.89. The van der Waals surface area contributed by atoms with E-state index >= 15 is 0 Å². The van der Waals surface area contributed by atoms with Crippen molar-refractivity contribution >= 4 is 10.0 Å². The molecule has 5 nitrogen and oxygen atoms in total. The number of morpholine rings is 1. The number of hydrogen-bond acceptors (Lipinski definition) is 4. The Labute approximate surface area is 98.0 Å². The Hall–Kier alpha value is -0.170. The molecule has 0 bridgehead atoms. The third kappa shape index (κ3) is 6.42. The molecule has 1 aliphatic heterocycles. The number of ether oxygens (including phenoxy) is 1. The Morgan fingerprint density at radius 2 is 1.62 bits per heavy atom. The van der Waals surface area contributed by atoms with E-state index in [0.29, 0.717) is 0 Å². The average Bonchev–Trinajstić information content (AvgIpc) is 2.69. The first-order chi connectivity index (χ1) is 7.47. The molecule has 0 aromatic rings. The molecule has 0 radical (unpaired) electrons. The number of rotatable bonds is 1. The van der Waals surface area contributed by atoms with Gasteiger partial charge >= 0.3 is 0 Å². The summed E-state index contributed by atoms with van der Waals surface area (Å²) in [4.78, 5) is 2.61. The minimum atomic E-state index is -3.17. The summed E-state index contributed by atoms with van der Waals surface area (Å²) in [6.07, 6.45) is 6.69. The van der Waals surface area contributed by atoms with Crippen molar-refractivity contribution < 1.29 is 13.2 Å². The molecule has 1 heterocycles. The fraction of sp³-hybridized carbons (Fsp3) is 1.00. The van der Waals surface area contributed by atoms with E-state index in [2.05, 4.69) is 10.0 Å². The SMILES string of the molecule is C1CCC(N2CCOCC2)C1.CS(N)(=O)=O. The smallest absolute Gasteiger partial charge is 0.206 e. The van der Waals surface area contributed by atoms with Crippen LogP contribution in [-0.2, 0) is 14.8 Å². The van der Waals surface area contributed by atoms with Crippen LogP contribution >= 0.6 is 0 Å². The van der Waals surface area contributed by atoms with Crippen LogP contribution in [0.25, 0.3) is 0 Å². The third-order valence-corrected chi connectivity index (χ3v) is 2.89. The van der Waals surface area contributed by atoms with Crippen LogP contribution < -0.4 is 5.14 Å².